The van der Waals surface area contributed by atoms with E-state index < -0.39 is 0 Å². The van der Waals surface area contributed by atoms with Crippen LogP contribution in [0, 0.1) is 13.8 Å². The Labute approximate surface area is 186 Å². The molecular formula is C27H22OS2. The summed E-state index contributed by atoms with van der Waals surface area (Å²) in [6, 6.07) is 32.6. The summed E-state index contributed by atoms with van der Waals surface area (Å²) in [4.78, 5) is 17.6. The summed E-state index contributed by atoms with van der Waals surface area (Å²) < 4.78 is 0. The van der Waals surface area contributed by atoms with Crippen LogP contribution in [0.2, 0.25) is 0 Å². The van der Waals surface area contributed by atoms with Crippen LogP contribution in [-0.2, 0) is 0 Å². The molecule has 0 aromatic heterocycles. The van der Waals surface area contributed by atoms with E-state index in [1.165, 1.54) is 16.0 Å². The van der Waals surface area contributed by atoms with Gasteiger partial charge in [-0.15, -0.1) is 0 Å². The zero-order valence-electron chi connectivity index (χ0n) is 17.0. The lowest BCUT2D eigenvalue weighted by Crippen LogP contribution is -2.02. The van der Waals surface area contributed by atoms with Crippen LogP contribution in [0.25, 0.3) is 0 Å². The highest BCUT2D eigenvalue weighted by atomic mass is 32.2. The second-order valence-corrected chi connectivity index (χ2v) is 9.44. The Morgan fingerprint density at radius 3 is 1.60 bits per heavy atom. The Kier molecular flexibility index (Phi) is 6.41. The van der Waals surface area contributed by atoms with Gasteiger partial charge in [0.15, 0.2) is 5.78 Å². The maximum absolute atomic E-state index is 13.2. The molecule has 0 radical (unpaired) electrons. The Hall–Kier alpha value is -2.75. The minimum Gasteiger partial charge on any atom is -0.289 e. The van der Waals surface area contributed by atoms with Crippen molar-refractivity contribution in [2.24, 2.45) is 0 Å². The molecule has 148 valence electrons. The molecule has 0 N–H and O–H groups in total. The summed E-state index contributed by atoms with van der Waals surface area (Å²) in [5, 5.41) is 0. The highest BCUT2D eigenvalue weighted by Crippen LogP contribution is 2.32. The summed E-state index contributed by atoms with van der Waals surface area (Å²) in [6.07, 6.45) is 0. The van der Waals surface area contributed by atoms with Crippen LogP contribution >= 0.6 is 23.5 Å². The van der Waals surface area contributed by atoms with Crippen LogP contribution in [0.4, 0.5) is 0 Å². The summed E-state index contributed by atoms with van der Waals surface area (Å²) >= 11 is 3.33. The van der Waals surface area contributed by atoms with Gasteiger partial charge < -0.3 is 0 Å². The molecule has 4 rings (SSSR count). The van der Waals surface area contributed by atoms with Gasteiger partial charge in [0, 0.05) is 30.7 Å². The lowest BCUT2D eigenvalue weighted by molar-refractivity contribution is 0.103. The second-order valence-electron chi connectivity index (χ2n) is 7.18. The molecule has 30 heavy (non-hydrogen) atoms. The van der Waals surface area contributed by atoms with Crippen molar-refractivity contribution in [3.63, 3.8) is 0 Å². The van der Waals surface area contributed by atoms with E-state index >= 15 is 0 Å². The predicted octanol–water partition coefficient (Wildman–Crippen LogP) is 7.84. The lowest BCUT2D eigenvalue weighted by atomic mass is 10.0. The van der Waals surface area contributed by atoms with E-state index in [-0.39, 0.29) is 5.78 Å². The van der Waals surface area contributed by atoms with Crippen LogP contribution in [0.3, 0.4) is 0 Å². The third-order valence-corrected chi connectivity index (χ3v) is 6.85. The van der Waals surface area contributed by atoms with E-state index in [1.807, 2.05) is 48.5 Å². The van der Waals surface area contributed by atoms with Crippen molar-refractivity contribution >= 4 is 29.3 Å². The fourth-order valence-corrected chi connectivity index (χ4v) is 4.81. The molecular weight excluding hydrogens is 404 g/mol. The normalized spacial score (nSPS) is 10.7. The Bertz CT molecular complexity index is 1140. The standard InChI is InChI=1S/C27H22OS2/c1-19-7-13-22(14-8-19)29-23-17-11-21(12-18-23)27(28)25-5-3-4-6-26(25)30-24-15-9-20(2)10-16-24/h3-18H,1-2H3. The molecule has 0 bridgehead atoms. The van der Waals surface area contributed by atoms with Crippen LogP contribution in [-0.4, -0.2) is 5.78 Å². The molecule has 0 spiro atoms. The average molecular weight is 427 g/mol. The smallest absolute Gasteiger partial charge is 0.194 e. The average Bonchev–Trinajstić information content (AvgIpc) is 2.77. The van der Waals surface area contributed by atoms with Crippen molar-refractivity contribution in [1.29, 1.82) is 0 Å². The van der Waals surface area contributed by atoms with Gasteiger partial charge >= 0.3 is 0 Å². The topological polar surface area (TPSA) is 17.1 Å². The van der Waals surface area contributed by atoms with E-state index in [9.17, 15) is 4.79 Å². The molecule has 0 aliphatic carbocycles. The first-order chi connectivity index (χ1) is 14.6. The Morgan fingerprint density at radius 2 is 1.03 bits per heavy atom. The molecule has 4 aromatic rings. The monoisotopic (exact) mass is 426 g/mol. The van der Waals surface area contributed by atoms with Crippen molar-refractivity contribution in [1.82, 2.24) is 0 Å². The summed E-state index contributed by atoms with van der Waals surface area (Å²) in [7, 11) is 0. The number of hydrogen-bond donors (Lipinski definition) is 0. The number of hydrogen-bond acceptors (Lipinski definition) is 3. The molecule has 0 atom stereocenters. The van der Waals surface area contributed by atoms with Gasteiger partial charge in [0.25, 0.3) is 0 Å². The van der Waals surface area contributed by atoms with Crippen molar-refractivity contribution < 1.29 is 4.79 Å². The van der Waals surface area contributed by atoms with Crippen molar-refractivity contribution in [2.75, 3.05) is 0 Å². The fourth-order valence-electron chi connectivity index (χ4n) is 3.05. The first-order valence-corrected chi connectivity index (χ1v) is 11.4. The molecule has 4 aromatic carbocycles. The molecule has 0 aliphatic rings. The lowest BCUT2D eigenvalue weighted by Gasteiger charge is -2.09. The van der Waals surface area contributed by atoms with E-state index in [1.54, 1.807) is 23.5 Å². The first-order valence-electron chi connectivity index (χ1n) is 9.81. The van der Waals surface area contributed by atoms with E-state index in [0.29, 0.717) is 5.56 Å². The number of carbonyl (C=O) groups is 1. The summed E-state index contributed by atoms with van der Waals surface area (Å²) in [5.41, 5.74) is 3.93. The number of benzene rings is 4. The maximum Gasteiger partial charge on any atom is 0.194 e. The Morgan fingerprint density at radius 1 is 0.567 bits per heavy atom. The molecule has 0 heterocycles. The fraction of sp³-hybridized carbons (Fsp3) is 0.0741. The van der Waals surface area contributed by atoms with E-state index in [4.69, 9.17) is 0 Å². The maximum atomic E-state index is 13.2. The van der Waals surface area contributed by atoms with E-state index in [2.05, 4.69) is 62.4 Å². The van der Waals surface area contributed by atoms with Crippen molar-refractivity contribution in [2.45, 2.75) is 33.4 Å². The number of carbonyl (C=O) groups excluding carboxylic acids is 1. The third-order valence-electron chi connectivity index (χ3n) is 4.75. The van der Waals surface area contributed by atoms with Gasteiger partial charge in [-0.1, -0.05) is 71.0 Å². The van der Waals surface area contributed by atoms with Gasteiger partial charge in [0.05, 0.1) is 0 Å². The van der Waals surface area contributed by atoms with Gasteiger partial charge in [0.1, 0.15) is 0 Å². The number of aryl methyl sites for hydroxylation is 2. The van der Waals surface area contributed by atoms with Crippen LogP contribution in [0.1, 0.15) is 27.0 Å². The SMILES string of the molecule is Cc1ccc(Sc2ccc(C(=O)c3ccccc3Sc3ccc(C)cc3)cc2)cc1. The largest absolute Gasteiger partial charge is 0.289 e. The molecule has 0 aliphatic heterocycles. The van der Waals surface area contributed by atoms with Crippen LogP contribution in [0.15, 0.2) is 117 Å². The quantitative estimate of drug-likeness (QED) is 0.292. The summed E-state index contributed by atoms with van der Waals surface area (Å²) in [5.74, 6) is 0.0529. The molecule has 0 fully saturated rings. The first kappa shape index (κ1) is 20.5. The van der Waals surface area contributed by atoms with Crippen molar-refractivity contribution in [3.05, 3.63) is 119 Å². The minimum absolute atomic E-state index is 0.0529. The van der Waals surface area contributed by atoms with Gasteiger partial charge in [-0.25, -0.2) is 0 Å². The van der Waals surface area contributed by atoms with Gasteiger partial charge in [-0.3, -0.25) is 4.79 Å². The zero-order valence-corrected chi connectivity index (χ0v) is 18.6. The van der Waals surface area contributed by atoms with Gasteiger partial charge in [-0.05, 0) is 74.5 Å². The number of rotatable bonds is 6. The molecule has 1 nitrogen and oxygen atoms in total. The molecule has 0 amide bonds. The molecule has 0 unspecified atom stereocenters. The predicted molar refractivity (Wildman–Crippen MR) is 127 cm³/mol. The van der Waals surface area contributed by atoms with Crippen LogP contribution in [0.5, 0.6) is 0 Å². The highest BCUT2D eigenvalue weighted by Gasteiger charge is 2.14. The van der Waals surface area contributed by atoms with E-state index in [0.717, 1.165) is 20.2 Å². The number of ketones is 1. The zero-order chi connectivity index (χ0) is 20.9. The van der Waals surface area contributed by atoms with Crippen molar-refractivity contribution in [3.8, 4) is 0 Å². The minimum atomic E-state index is 0.0529. The molecule has 0 saturated heterocycles. The molecule has 3 heteroatoms. The summed E-state index contributed by atoms with van der Waals surface area (Å²) in [6.45, 7) is 4.16. The highest BCUT2D eigenvalue weighted by molar-refractivity contribution is 7.99. The van der Waals surface area contributed by atoms with Gasteiger partial charge in [-0.2, -0.15) is 0 Å². The third kappa shape index (κ3) is 5.05. The Balaban J connectivity index is 1.53. The van der Waals surface area contributed by atoms with Gasteiger partial charge in [0.2, 0.25) is 0 Å². The second kappa shape index (κ2) is 9.38. The van der Waals surface area contributed by atoms with Crippen LogP contribution < -0.4 is 0 Å². The molecule has 0 saturated carbocycles.